The average molecular weight is 297 g/mol. The Morgan fingerprint density at radius 1 is 1.56 bits per heavy atom. The van der Waals surface area contributed by atoms with Gasteiger partial charge in [0.15, 0.2) is 0 Å². The molecule has 16 heavy (non-hydrogen) atoms. The predicted molar refractivity (Wildman–Crippen MR) is 72.8 cm³/mol. The van der Waals surface area contributed by atoms with Gasteiger partial charge in [0.2, 0.25) is 0 Å². The number of benzene rings is 1. The molecule has 2 atom stereocenters. The number of thioether (sulfide) groups is 1. The topological polar surface area (TPSA) is 35.8 Å². The molecule has 2 rings (SSSR count). The molecular weight excluding hydrogens is 284 g/mol. The first-order chi connectivity index (χ1) is 7.69. The van der Waals surface area contributed by atoms with Gasteiger partial charge in [-0.1, -0.05) is 6.92 Å². The molecule has 2 unspecified atom stereocenters. The summed E-state index contributed by atoms with van der Waals surface area (Å²) in [5.74, 6) is 1.16. The van der Waals surface area contributed by atoms with E-state index in [0.29, 0.717) is 11.6 Å². The van der Waals surface area contributed by atoms with E-state index in [1.807, 2.05) is 30.0 Å². The standard InChI is InChI=1S/C12H13BrN2S/c1-8-4-10(7-16-8)15-12-3-2-9(6-14)5-11(12)13/h2-3,5,8,10,15H,4,7H2,1H3. The molecule has 0 bridgehead atoms. The second kappa shape index (κ2) is 5.11. The van der Waals surface area contributed by atoms with E-state index in [-0.39, 0.29) is 0 Å². The van der Waals surface area contributed by atoms with E-state index in [4.69, 9.17) is 5.26 Å². The maximum Gasteiger partial charge on any atom is 0.0992 e. The maximum atomic E-state index is 8.78. The third-order valence-electron chi connectivity index (χ3n) is 2.66. The first kappa shape index (κ1) is 11.8. The molecule has 0 aromatic heterocycles. The van der Waals surface area contributed by atoms with Crippen LogP contribution < -0.4 is 5.32 Å². The van der Waals surface area contributed by atoms with Gasteiger partial charge in [-0.15, -0.1) is 0 Å². The van der Waals surface area contributed by atoms with Crippen LogP contribution in [0, 0.1) is 11.3 Å². The molecule has 0 saturated carbocycles. The maximum absolute atomic E-state index is 8.78. The van der Waals surface area contributed by atoms with Crippen molar-refractivity contribution in [3.05, 3.63) is 28.2 Å². The lowest BCUT2D eigenvalue weighted by atomic mass is 10.1. The summed E-state index contributed by atoms with van der Waals surface area (Å²) in [5, 5.41) is 13.0. The molecule has 1 saturated heterocycles. The molecule has 1 heterocycles. The monoisotopic (exact) mass is 296 g/mol. The molecule has 1 N–H and O–H groups in total. The zero-order chi connectivity index (χ0) is 11.5. The van der Waals surface area contributed by atoms with E-state index in [1.54, 1.807) is 0 Å². The largest absolute Gasteiger partial charge is 0.381 e. The van der Waals surface area contributed by atoms with Crippen molar-refractivity contribution in [2.24, 2.45) is 0 Å². The summed E-state index contributed by atoms with van der Waals surface area (Å²) >= 11 is 5.50. The van der Waals surface area contributed by atoms with Crippen molar-refractivity contribution in [1.82, 2.24) is 0 Å². The van der Waals surface area contributed by atoms with Crippen LogP contribution in [-0.2, 0) is 0 Å². The second-order valence-electron chi connectivity index (χ2n) is 4.03. The van der Waals surface area contributed by atoms with Crippen molar-refractivity contribution in [1.29, 1.82) is 5.26 Å². The molecule has 2 nitrogen and oxygen atoms in total. The lowest BCUT2D eigenvalue weighted by Crippen LogP contribution is -2.19. The van der Waals surface area contributed by atoms with Crippen molar-refractivity contribution < 1.29 is 0 Å². The number of hydrogen-bond acceptors (Lipinski definition) is 3. The van der Waals surface area contributed by atoms with Crippen LogP contribution in [0.15, 0.2) is 22.7 Å². The summed E-state index contributed by atoms with van der Waals surface area (Å²) in [6.45, 7) is 2.26. The molecular formula is C12H13BrN2S. The number of halogens is 1. The van der Waals surface area contributed by atoms with E-state index in [2.05, 4.69) is 34.2 Å². The average Bonchev–Trinajstić information content (AvgIpc) is 2.67. The van der Waals surface area contributed by atoms with Gasteiger partial charge in [-0.25, -0.2) is 0 Å². The van der Waals surface area contributed by atoms with Crippen LogP contribution in [0.4, 0.5) is 5.69 Å². The van der Waals surface area contributed by atoms with Crippen LogP contribution in [0.25, 0.3) is 0 Å². The number of hydrogen-bond donors (Lipinski definition) is 1. The number of anilines is 1. The van der Waals surface area contributed by atoms with E-state index in [9.17, 15) is 0 Å². The quantitative estimate of drug-likeness (QED) is 0.905. The Labute approximate surface area is 109 Å². The van der Waals surface area contributed by atoms with E-state index in [0.717, 1.165) is 21.2 Å². The van der Waals surface area contributed by atoms with E-state index < -0.39 is 0 Å². The smallest absolute Gasteiger partial charge is 0.0992 e. The van der Waals surface area contributed by atoms with Gasteiger partial charge in [0.25, 0.3) is 0 Å². The Balaban J connectivity index is 2.08. The first-order valence-electron chi connectivity index (χ1n) is 5.27. The molecule has 0 amide bonds. The number of rotatable bonds is 2. The van der Waals surface area contributed by atoms with Gasteiger partial charge in [0, 0.05) is 27.2 Å². The zero-order valence-electron chi connectivity index (χ0n) is 9.03. The second-order valence-corrected chi connectivity index (χ2v) is 6.35. The van der Waals surface area contributed by atoms with Crippen molar-refractivity contribution in [2.75, 3.05) is 11.1 Å². The molecule has 4 heteroatoms. The summed E-state index contributed by atoms with van der Waals surface area (Å²) in [7, 11) is 0. The molecule has 1 aliphatic heterocycles. The summed E-state index contributed by atoms with van der Waals surface area (Å²) in [6.07, 6.45) is 1.21. The minimum absolute atomic E-state index is 0.546. The van der Waals surface area contributed by atoms with Crippen molar-refractivity contribution in [3.8, 4) is 6.07 Å². The normalized spacial score (nSPS) is 24.1. The van der Waals surface area contributed by atoms with Crippen LogP contribution in [0.1, 0.15) is 18.9 Å². The number of nitriles is 1. The number of nitrogens with one attached hydrogen (secondary N) is 1. The zero-order valence-corrected chi connectivity index (χ0v) is 11.4. The lowest BCUT2D eigenvalue weighted by Gasteiger charge is -2.14. The molecule has 84 valence electrons. The molecule has 1 fully saturated rings. The first-order valence-corrected chi connectivity index (χ1v) is 7.11. The number of nitrogens with zero attached hydrogens (tertiary/aromatic N) is 1. The van der Waals surface area contributed by atoms with Crippen molar-refractivity contribution in [2.45, 2.75) is 24.6 Å². The summed E-state index contributed by atoms with van der Waals surface area (Å²) in [6, 6.07) is 8.35. The fourth-order valence-corrected chi connectivity index (χ4v) is 3.48. The van der Waals surface area contributed by atoms with Crippen molar-refractivity contribution >= 4 is 33.4 Å². The minimum Gasteiger partial charge on any atom is -0.381 e. The fourth-order valence-electron chi connectivity index (χ4n) is 1.84. The van der Waals surface area contributed by atoms with Gasteiger partial charge < -0.3 is 5.32 Å². The Bertz CT molecular complexity index is 428. The third kappa shape index (κ3) is 2.72. The van der Waals surface area contributed by atoms with Crippen LogP contribution in [-0.4, -0.2) is 17.0 Å². The highest BCUT2D eigenvalue weighted by Gasteiger charge is 2.21. The van der Waals surface area contributed by atoms with Crippen LogP contribution in [0.3, 0.4) is 0 Å². The van der Waals surface area contributed by atoms with Gasteiger partial charge in [-0.05, 0) is 40.5 Å². The molecule has 1 aliphatic rings. The summed E-state index contributed by atoms with van der Waals surface area (Å²) < 4.78 is 0.969. The molecule has 1 aromatic rings. The molecule has 0 aliphatic carbocycles. The summed E-state index contributed by atoms with van der Waals surface area (Å²) in [4.78, 5) is 0. The Hall–Kier alpha value is -0.660. The molecule has 0 radical (unpaired) electrons. The van der Waals surface area contributed by atoms with Gasteiger partial charge in [0.05, 0.1) is 11.6 Å². The van der Waals surface area contributed by atoms with Crippen molar-refractivity contribution in [3.63, 3.8) is 0 Å². The van der Waals surface area contributed by atoms with Gasteiger partial charge >= 0.3 is 0 Å². The van der Waals surface area contributed by atoms with Gasteiger partial charge in [0.1, 0.15) is 0 Å². The Morgan fingerprint density at radius 2 is 2.38 bits per heavy atom. The summed E-state index contributed by atoms with van der Waals surface area (Å²) in [5.41, 5.74) is 1.77. The highest BCUT2D eigenvalue weighted by Crippen LogP contribution is 2.31. The Morgan fingerprint density at radius 3 is 2.94 bits per heavy atom. The molecule has 1 aromatic carbocycles. The minimum atomic E-state index is 0.546. The third-order valence-corrected chi connectivity index (χ3v) is 4.67. The Kier molecular flexibility index (Phi) is 3.78. The highest BCUT2D eigenvalue weighted by atomic mass is 79.9. The SMILES string of the molecule is CC1CC(Nc2ccc(C#N)cc2Br)CS1. The van der Waals surface area contributed by atoms with Crippen LogP contribution >= 0.6 is 27.7 Å². The predicted octanol–water partition coefficient (Wildman–Crippen LogP) is 3.63. The highest BCUT2D eigenvalue weighted by molar-refractivity contribution is 9.10. The van der Waals surface area contributed by atoms with Gasteiger partial charge in [-0.3, -0.25) is 0 Å². The van der Waals surface area contributed by atoms with E-state index >= 15 is 0 Å². The van der Waals surface area contributed by atoms with Crippen LogP contribution in [0.5, 0.6) is 0 Å². The van der Waals surface area contributed by atoms with Gasteiger partial charge in [-0.2, -0.15) is 17.0 Å². The van der Waals surface area contributed by atoms with E-state index in [1.165, 1.54) is 6.42 Å². The molecule has 0 spiro atoms. The van der Waals surface area contributed by atoms with Crippen LogP contribution in [0.2, 0.25) is 0 Å². The fraction of sp³-hybridized carbons (Fsp3) is 0.417. The lowest BCUT2D eigenvalue weighted by molar-refractivity contribution is 0.746.